The first-order chi connectivity index (χ1) is 7.85. The minimum atomic E-state index is 0.266. The summed E-state index contributed by atoms with van der Waals surface area (Å²) in [6.45, 7) is 9.49. The maximum Gasteiger partial charge on any atom is 0.206 e. The second-order valence-corrected chi connectivity index (χ2v) is 5.47. The van der Waals surface area contributed by atoms with Crippen molar-refractivity contribution in [1.29, 1.82) is 0 Å². The van der Waals surface area contributed by atoms with Crippen molar-refractivity contribution in [2.75, 3.05) is 20.6 Å². The SMILES string of the molecule is CC(C)CC(CN(C)C)N=C(NN)NC(C)C. The first kappa shape index (κ1) is 16.2. The second kappa shape index (κ2) is 8.31. The number of guanidine groups is 1. The van der Waals surface area contributed by atoms with E-state index < -0.39 is 0 Å². The van der Waals surface area contributed by atoms with Crippen LogP contribution < -0.4 is 16.6 Å². The van der Waals surface area contributed by atoms with Crippen LogP contribution in [-0.2, 0) is 0 Å². The number of nitrogens with one attached hydrogen (secondary N) is 2. The lowest BCUT2D eigenvalue weighted by Crippen LogP contribution is -2.46. The van der Waals surface area contributed by atoms with Crippen LogP contribution >= 0.6 is 0 Å². The summed E-state index contributed by atoms with van der Waals surface area (Å²) >= 11 is 0. The van der Waals surface area contributed by atoms with Gasteiger partial charge in [-0.3, -0.25) is 5.43 Å². The number of hydrazine groups is 1. The molecule has 0 saturated heterocycles. The normalized spacial score (nSPS) is 14.6. The summed E-state index contributed by atoms with van der Waals surface area (Å²) in [5, 5.41) is 3.20. The van der Waals surface area contributed by atoms with Crippen LogP contribution in [-0.4, -0.2) is 43.6 Å². The van der Waals surface area contributed by atoms with E-state index in [1.54, 1.807) is 0 Å². The van der Waals surface area contributed by atoms with Gasteiger partial charge in [0.2, 0.25) is 5.96 Å². The number of aliphatic imine (C=N–C) groups is 1. The molecule has 1 atom stereocenters. The third-order valence-electron chi connectivity index (χ3n) is 2.19. The fourth-order valence-electron chi connectivity index (χ4n) is 1.71. The summed E-state index contributed by atoms with van der Waals surface area (Å²) in [6.07, 6.45) is 1.06. The predicted octanol–water partition coefficient (Wildman–Crippen LogP) is 0.780. The van der Waals surface area contributed by atoms with E-state index in [9.17, 15) is 0 Å². The number of nitrogens with zero attached hydrogens (tertiary/aromatic N) is 2. The Kier molecular flexibility index (Phi) is 7.91. The molecule has 0 aromatic rings. The molecule has 5 nitrogen and oxygen atoms in total. The Labute approximate surface area is 106 Å². The van der Waals surface area contributed by atoms with Gasteiger partial charge in [0.25, 0.3) is 0 Å². The van der Waals surface area contributed by atoms with Crippen LogP contribution in [0.5, 0.6) is 0 Å². The van der Waals surface area contributed by atoms with E-state index in [1.165, 1.54) is 0 Å². The minimum Gasteiger partial charge on any atom is -0.353 e. The van der Waals surface area contributed by atoms with Crippen LogP contribution in [0.3, 0.4) is 0 Å². The molecule has 0 rings (SSSR count). The topological polar surface area (TPSA) is 65.7 Å². The Bertz CT molecular complexity index is 213. The molecule has 0 fully saturated rings. The highest BCUT2D eigenvalue weighted by Crippen LogP contribution is 2.09. The molecule has 0 spiro atoms. The highest BCUT2D eigenvalue weighted by molar-refractivity contribution is 5.79. The molecule has 0 aliphatic carbocycles. The lowest BCUT2D eigenvalue weighted by molar-refractivity contribution is 0.344. The van der Waals surface area contributed by atoms with Crippen molar-refractivity contribution in [2.45, 2.75) is 46.2 Å². The summed E-state index contributed by atoms with van der Waals surface area (Å²) < 4.78 is 0. The first-order valence-electron chi connectivity index (χ1n) is 6.30. The van der Waals surface area contributed by atoms with Crippen molar-refractivity contribution in [3.63, 3.8) is 0 Å². The molecule has 4 N–H and O–H groups in total. The molecule has 102 valence electrons. The van der Waals surface area contributed by atoms with E-state index in [0.717, 1.165) is 13.0 Å². The molecular formula is C12H29N5. The Balaban J connectivity index is 4.58. The smallest absolute Gasteiger partial charge is 0.206 e. The lowest BCUT2D eigenvalue weighted by atomic mass is 10.0. The molecule has 0 amide bonds. The summed E-state index contributed by atoms with van der Waals surface area (Å²) in [5.41, 5.74) is 2.63. The van der Waals surface area contributed by atoms with Crippen molar-refractivity contribution in [3.05, 3.63) is 0 Å². The van der Waals surface area contributed by atoms with Gasteiger partial charge < -0.3 is 10.2 Å². The van der Waals surface area contributed by atoms with Crippen molar-refractivity contribution in [1.82, 2.24) is 15.6 Å². The number of nitrogens with two attached hydrogens (primary N) is 1. The van der Waals surface area contributed by atoms with Gasteiger partial charge in [-0.25, -0.2) is 10.8 Å². The third kappa shape index (κ3) is 8.94. The van der Waals surface area contributed by atoms with Crippen molar-refractivity contribution in [2.24, 2.45) is 16.8 Å². The lowest BCUT2D eigenvalue weighted by Gasteiger charge is -2.21. The van der Waals surface area contributed by atoms with Crippen LogP contribution in [0.2, 0.25) is 0 Å². The fraction of sp³-hybridized carbons (Fsp3) is 0.917. The number of hydrogen-bond donors (Lipinski definition) is 3. The van der Waals surface area contributed by atoms with Gasteiger partial charge in [0.05, 0.1) is 6.04 Å². The number of rotatable bonds is 6. The van der Waals surface area contributed by atoms with Gasteiger partial charge >= 0.3 is 0 Å². The minimum absolute atomic E-state index is 0.266. The Morgan fingerprint density at radius 2 is 1.82 bits per heavy atom. The quantitative estimate of drug-likeness (QED) is 0.279. The van der Waals surface area contributed by atoms with Gasteiger partial charge in [0.15, 0.2) is 0 Å². The van der Waals surface area contributed by atoms with Gasteiger partial charge in [-0.05, 0) is 40.3 Å². The second-order valence-electron chi connectivity index (χ2n) is 5.47. The van der Waals surface area contributed by atoms with E-state index in [-0.39, 0.29) is 6.04 Å². The maximum atomic E-state index is 5.47. The molecule has 0 saturated carbocycles. The van der Waals surface area contributed by atoms with Gasteiger partial charge in [-0.2, -0.15) is 0 Å². The highest BCUT2D eigenvalue weighted by atomic mass is 15.3. The largest absolute Gasteiger partial charge is 0.353 e. The fourth-order valence-corrected chi connectivity index (χ4v) is 1.71. The molecule has 0 bridgehead atoms. The average molecular weight is 243 g/mol. The van der Waals surface area contributed by atoms with E-state index in [4.69, 9.17) is 5.84 Å². The molecule has 0 aliphatic heterocycles. The molecule has 0 aromatic heterocycles. The third-order valence-corrected chi connectivity index (χ3v) is 2.19. The van der Waals surface area contributed by atoms with E-state index >= 15 is 0 Å². The van der Waals surface area contributed by atoms with Crippen LogP contribution in [0.1, 0.15) is 34.1 Å². The van der Waals surface area contributed by atoms with Crippen molar-refractivity contribution < 1.29 is 0 Å². The van der Waals surface area contributed by atoms with Gasteiger partial charge in [-0.15, -0.1) is 0 Å². The van der Waals surface area contributed by atoms with Crippen molar-refractivity contribution >= 4 is 5.96 Å². The van der Waals surface area contributed by atoms with Crippen LogP contribution in [0.4, 0.5) is 0 Å². The molecule has 0 heterocycles. The first-order valence-corrected chi connectivity index (χ1v) is 6.30. The van der Waals surface area contributed by atoms with Gasteiger partial charge in [0.1, 0.15) is 0 Å². The Hall–Kier alpha value is -0.810. The predicted molar refractivity (Wildman–Crippen MR) is 74.8 cm³/mol. The summed E-state index contributed by atoms with van der Waals surface area (Å²) in [4.78, 5) is 6.80. The van der Waals surface area contributed by atoms with Crippen LogP contribution in [0, 0.1) is 5.92 Å². The van der Waals surface area contributed by atoms with E-state index in [1.807, 2.05) is 0 Å². The monoisotopic (exact) mass is 243 g/mol. The molecule has 0 radical (unpaired) electrons. The summed E-state index contributed by atoms with van der Waals surface area (Å²) in [5.74, 6) is 6.77. The van der Waals surface area contributed by atoms with E-state index in [0.29, 0.717) is 17.9 Å². The standard InChI is InChI=1S/C12H29N5/c1-9(2)7-11(8-17(5)6)15-12(16-13)14-10(3)4/h9-11H,7-8,13H2,1-6H3,(H2,14,15,16). The van der Waals surface area contributed by atoms with Crippen molar-refractivity contribution in [3.8, 4) is 0 Å². The van der Waals surface area contributed by atoms with Gasteiger partial charge in [0, 0.05) is 12.6 Å². The van der Waals surface area contributed by atoms with E-state index in [2.05, 4.69) is 62.4 Å². The Morgan fingerprint density at radius 1 is 1.24 bits per heavy atom. The molecular weight excluding hydrogens is 214 g/mol. The summed E-state index contributed by atoms with van der Waals surface area (Å²) in [7, 11) is 4.13. The van der Waals surface area contributed by atoms with Gasteiger partial charge in [-0.1, -0.05) is 13.8 Å². The molecule has 5 heteroatoms. The zero-order valence-corrected chi connectivity index (χ0v) is 12.1. The maximum absolute atomic E-state index is 5.47. The highest BCUT2D eigenvalue weighted by Gasteiger charge is 2.12. The zero-order chi connectivity index (χ0) is 13.4. The molecule has 17 heavy (non-hydrogen) atoms. The Morgan fingerprint density at radius 3 is 2.18 bits per heavy atom. The van der Waals surface area contributed by atoms with Crippen LogP contribution in [0.15, 0.2) is 4.99 Å². The van der Waals surface area contributed by atoms with Crippen LogP contribution in [0.25, 0.3) is 0 Å². The number of likely N-dealkylation sites (N-methyl/N-ethyl adjacent to an activating group) is 1. The number of hydrogen-bond acceptors (Lipinski definition) is 3. The molecule has 0 aliphatic rings. The molecule has 0 aromatic carbocycles. The average Bonchev–Trinajstić information content (AvgIpc) is 2.13. The summed E-state index contributed by atoms with van der Waals surface area (Å²) in [6, 6.07) is 0.589. The zero-order valence-electron chi connectivity index (χ0n) is 12.1. The molecule has 1 unspecified atom stereocenters.